The van der Waals surface area contributed by atoms with E-state index in [1.807, 2.05) is 24.3 Å². The summed E-state index contributed by atoms with van der Waals surface area (Å²) in [7, 11) is 1.51. The maximum Gasteiger partial charge on any atom is 0.270 e. The lowest BCUT2D eigenvalue weighted by Crippen LogP contribution is -2.58. The summed E-state index contributed by atoms with van der Waals surface area (Å²) in [5.41, 5.74) is 0.651. The average Bonchev–Trinajstić information content (AvgIpc) is 3.20. The van der Waals surface area contributed by atoms with Gasteiger partial charge in [0.2, 0.25) is 5.72 Å². The van der Waals surface area contributed by atoms with Gasteiger partial charge in [-0.05, 0) is 55.8 Å². The van der Waals surface area contributed by atoms with Crippen molar-refractivity contribution >= 4 is 23.2 Å². The Morgan fingerprint density at radius 2 is 1.93 bits per heavy atom. The first-order chi connectivity index (χ1) is 19.2. The minimum Gasteiger partial charge on any atom is -0.496 e. The summed E-state index contributed by atoms with van der Waals surface area (Å²) in [6.07, 6.45) is 1.73. The van der Waals surface area contributed by atoms with E-state index >= 15 is 0 Å². The van der Waals surface area contributed by atoms with Crippen molar-refractivity contribution in [2.75, 3.05) is 7.11 Å². The van der Waals surface area contributed by atoms with Crippen molar-refractivity contribution in [2.45, 2.75) is 32.2 Å². The van der Waals surface area contributed by atoms with Gasteiger partial charge in [-0.3, -0.25) is 14.2 Å². The zero-order valence-corrected chi connectivity index (χ0v) is 22.6. The molecule has 2 bridgehead atoms. The lowest BCUT2D eigenvalue weighted by Gasteiger charge is -2.45. The number of carbonyl (C=O) groups excluding carboxylic acids is 1. The molecule has 0 unspecified atom stereocenters. The third-order valence-electron chi connectivity index (χ3n) is 7.20. The van der Waals surface area contributed by atoms with Gasteiger partial charge in [-0.25, -0.2) is 13.8 Å². The standard InChI is InChI=1S/C30H24F2N2O5S/c1-16(35)26-27-20-6-4-5-7-23(20)39-30(26,2)33-29-34(27)28(36)25(40-29)13-17-8-10-22(37-3)18(12-17)15-38-24-11-9-19(31)14-21(24)32/h4-14,26-27H,15H2,1-3H3/t26-,27+,30-/m1/s1. The maximum absolute atomic E-state index is 14.1. The quantitative estimate of drug-likeness (QED) is 0.353. The molecule has 10 heteroatoms. The van der Waals surface area contributed by atoms with Gasteiger partial charge >= 0.3 is 0 Å². The summed E-state index contributed by atoms with van der Waals surface area (Å²) in [4.78, 5) is 31.8. The lowest BCUT2D eigenvalue weighted by atomic mass is 9.79. The van der Waals surface area contributed by atoms with E-state index in [0.717, 1.165) is 17.7 Å². The maximum atomic E-state index is 14.1. The minimum absolute atomic E-state index is 0.0441. The summed E-state index contributed by atoms with van der Waals surface area (Å²) < 4.78 is 46.6. The fourth-order valence-corrected chi connectivity index (χ4v) is 6.56. The highest BCUT2D eigenvalue weighted by Gasteiger charge is 2.53. The Morgan fingerprint density at radius 1 is 1.15 bits per heavy atom. The van der Waals surface area contributed by atoms with Gasteiger partial charge in [-0.2, -0.15) is 0 Å². The summed E-state index contributed by atoms with van der Waals surface area (Å²) in [5.74, 6) is -1.26. The van der Waals surface area contributed by atoms with Gasteiger partial charge in [0.1, 0.15) is 35.6 Å². The van der Waals surface area contributed by atoms with Crippen molar-refractivity contribution in [3.8, 4) is 17.2 Å². The molecule has 40 heavy (non-hydrogen) atoms. The summed E-state index contributed by atoms with van der Waals surface area (Å²) in [6, 6.07) is 15.2. The molecule has 3 atom stereocenters. The molecule has 0 amide bonds. The van der Waals surface area contributed by atoms with Crippen molar-refractivity contribution in [1.29, 1.82) is 0 Å². The van der Waals surface area contributed by atoms with Crippen molar-refractivity contribution in [2.24, 2.45) is 10.9 Å². The first-order valence-corrected chi connectivity index (χ1v) is 13.4. The molecule has 0 radical (unpaired) electrons. The Morgan fingerprint density at radius 3 is 2.67 bits per heavy atom. The normalized spacial score (nSPS) is 21.1. The minimum atomic E-state index is -1.14. The first kappa shape index (κ1) is 25.9. The number of para-hydroxylation sites is 1. The molecule has 0 fully saturated rings. The topological polar surface area (TPSA) is 79.1 Å². The van der Waals surface area contributed by atoms with Crippen LogP contribution in [0.25, 0.3) is 6.08 Å². The number of rotatable bonds is 6. The third kappa shape index (κ3) is 4.28. The first-order valence-electron chi connectivity index (χ1n) is 12.5. The van der Waals surface area contributed by atoms with Gasteiger partial charge in [0.25, 0.3) is 5.56 Å². The molecule has 4 aromatic rings. The molecule has 0 N–H and O–H groups in total. The van der Waals surface area contributed by atoms with E-state index in [0.29, 0.717) is 32.0 Å². The van der Waals surface area contributed by atoms with Crippen LogP contribution in [0.1, 0.15) is 36.6 Å². The van der Waals surface area contributed by atoms with E-state index in [9.17, 15) is 18.4 Å². The number of halogens is 2. The van der Waals surface area contributed by atoms with Crippen molar-refractivity contribution in [3.05, 3.63) is 109 Å². The number of hydrogen-bond donors (Lipinski definition) is 0. The summed E-state index contributed by atoms with van der Waals surface area (Å²) in [6.45, 7) is 3.23. The highest BCUT2D eigenvalue weighted by molar-refractivity contribution is 7.07. The number of ketones is 1. The number of aromatic nitrogens is 1. The second kappa shape index (κ2) is 9.71. The third-order valence-corrected chi connectivity index (χ3v) is 8.18. The van der Waals surface area contributed by atoms with Gasteiger partial charge in [-0.1, -0.05) is 35.6 Å². The van der Waals surface area contributed by atoms with Crippen LogP contribution < -0.4 is 29.1 Å². The van der Waals surface area contributed by atoms with Gasteiger partial charge in [-0.15, -0.1) is 0 Å². The second-order valence-corrected chi connectivity index (χ2v) is 10.9. The Hall–Kier alpha value is -4.31. The van der Waals surface area contributed by atoms with E-state index in [-0.39, 0.29) is 23.7 Å². The van der Waals surface area contributed by atoms with Gasteiger partial charge < -0.3 is 14.2 Å². The van der Waals surface area contributed by atoms with Gasteiger partial charge in [0.15, 0.2) is 16.4 Å². The highest BCUT2D eigenvalue weighted by atomic mass is 32.1. The van der Waals surface area contributed by atoms with Crippen LogP contribution in [-0.2, 0) is 11.4 Å². The monoisotopic (exact) mass is 562 g/mol. The molecular formula is C30H24F2N2O5S. The predicted octanol–water partition coefficient (Wildman–Crippen LogP) is 4.14. The number of nitrogens with zero attached hydrogens (tertiary/aromatic N) is 2. The van der Waals surface area contributed by atoms with Crippen molar-refractivity contribution in [1.82, 2.24) is 4.57 Å². The zero-order chi connectivity index (χ0) is 28.2. The van der Waals surface area contributed by atoms with Gasteiger partial charge in [0, 0.05) is 17.2 Å². The van der Waals surface area contributed by atoms with E-state index in [2.05, 4.69) is 0 Å². The fourth-order valence-electron chi connectivity index (χ4n) is 5.46. The van der Waals surface area contributed by atoms with Crippen LogP contribution in [0, 0.1) is 17.6 Å². The molecule has 3 heterocycles. The second-order valence-electron chi connectivity index (χ2n) is 9.84. The van der Waals surface area contributed by atoms with Crippen LogP contribution in [0.15, 0.2) is 70.5 Å². The van der Waals surface area contributed by atoms with E-state index in [1.165, 1.54) is 31.4 Å². The zero-order valence-electron chi connectivity index (χ0n) is 21.8. The van der Waals surface area contributed by atoms with Gasteiger partial charge in [0.05, 0.1) is 17.7 Å². The van der Waals surface area contributed by atoms with E-state index < -0.39 is 29.3 Å². The van der Waals surface area contributed by atoms with Crippen LogP contribution in [0.3, 0.4) is 0 Å². The Balaban J connectivity index is 1.42. The smallest absolute Gasteiger partial charge is 0.270 e. The lowest BCUT2D eigenvalue weighted by molar-refractivity contribution is -0.132. The number of methoxy groups -OCH3 is 1. The molecule has 1 aromatic heterocycles. The van der Waals surface area contributed by atoms with Crippen molar-refractivity contribution in [3.63, 3.8) is 0 Å². The predicted molar refractivity (Wildman–Crippen MR) is 144 cm³/mol. The summed E-state index contributed by atoms with van der Waals surface area (Å²) >= 11 is 1.22. The molecule has 7 nitrogen and oxygen atoms in total. The molecule has 0 spiro atoms. The number of thiazole rings is 1. The molecule has 6 rings (SSSR count). The molecule has 0 saturated carbocycles. The molecule has 0 aliphatic carbocycles. The number of hydrogen-bond acceptors (Lipinski definition) is 7. The largest absolute Gasteiger partial charge is 0.496 e. The average molecular weight is 563 g/mol. The van der Waals surface area contributed by atoms with Crippen LogP contribution in [0.2, 0.25) is 0 Å². The molecular weight excluding hydrogens is 538 g/mol. The fraction of sp³-hybridized carbons (Fsp3) is 0.233. The van der Waals surface area contributed by atoms with Crippen LogP contribution in [0.5, 0.6) is 17.2 Å². The number of fused-ring (bicyclic) bond motifs is 6. The number of carbonyl (C=O) groups is 1. The number of ether oxygens (including phenoxy) is 3. The molecule has 204 valence electrons. The SMILES string of the molecule is COc1ccc(C=c2sc3n(c2=O)[C@H]2c4ccccc4O[C@@](C)(N=3)[C@@H]2C(C)=O)cc1COc1ccc(F)cc1F. The molecule has 2 aliphatic heterocycles. The number of benzene rings is 3. The Bertz CT molecular complexity index is 1850. The molecule has 0 saturated heterocycles. The van der Waals surface area contributed by atoms with Crippen LogP contribution >= 0.6 is 11.3 Å². The van der Waals surface area contributed by atoms with Crippen LogP contribution in [-0.4, -0.2) is 23.2 Å². The van der Waals surface area contributed by atoms with E-state index in [1.54, 1.807) is 35.8 Å². The molecule has 2 aliphatic rings. The molecule has 3 aromatic carbocycles. The Labute approximate surface area is 231 Å². The summed E-state index contributed by atoms with van der Waals surface area (Å²) in [5, 5.41) is 0. The van der Waals surface area contributed by atoms with Crippen molar-refractivity contribution < 1.29 is 27.8 Å². The highest BCUT2D eigenvalue weighted by Crippen LogP contribution is 2.47. The van der Waals surface area contributed by atoms with Crippen LogP contribution in [0.4, 0.5) is 8.78 Å². The van der Waals surface area contributed by atoms with E-state index in [4.69, 9.17) is 19.2 Å². The number of Topliss-reactive ketones (excluding diaryl/α,β-unsaturated/α-hetero) is 1. The Kier molecular flexibility index (Phi) is 6.29.